The molecule has 2 amide bonds. The van der Waals surface area contributed by atoms with Gasteiger partial charge in [-0.05, 0) is 25.1 Å². The molecule has 0 radical (unpaired) electrons. The van der Waals surface area contributed by atoms with Crippen LogP contribution < -0.4 is 19.7 Å². The van der Waals surface area contributed by atoms with Crippen LogP contribution in [0.15, 0.2) is 48.5 Å². The van der Waals surface area contributed by atoms with E-state index in [4.69, 9.17) is 9.47 Å². The van der Waals surface area contributed by atoms with Crippen molar-refractivity contribution in [2.24, 2.45) is 0 Å². The molecule has 1 N–H and O–H groups in total. The molecule has 1 unspecified atom stereocenters. The van der Waals surface area contributed by atoms with Gasteiger partial charge in [0.2, 0.25) is 5.91 Å². The van der Waals surface area contributed by atoms with E-state index in [0.29, 0.717) is 23.7 Å². The molecular formula is C19H20N2O4. The van der Waals surface area contributed by atoms with E-state index in [2.05, 4.69) is 5.32 Å². The van der Waals surface area contributed by atoms with Gasteiger partial charge in [0.15, 0.2) is 6.10 Å². The van der Waals surface area contributed by atoms with Crippen molar-refractivity contribution in [1.29, 1.82) is 0 Å². The minimum Gasteiger partial charge on any atom is -0.496 e. The van der Waals surface area contributed by atoms with Crippen LogP contribution in [-0.2, 0) is 16.1 Å². The third-order valence-corrected chi connectivity index (χ3v) is 4.04. The summed E-state index contributed by atoms with van der Waals surface area (Å²) in [6, 6.07) is 14.7. The number of hydrogen-bond donors (Lipinski definition) is 1. The predicted molar refractivity (Wildman–Crippen MR) is 93.7 cm³/mol. The zero-order valence-electron chi connectivity index (χ0n) is 14.2. The molecule has 6 nitrogen and oxygen atoms in total. The zero-order chi connectivity index (χ0) is 17.8. The molecule has 2 aromatic carbocycles. The first kappa shape index (κ1) is 16.8. The first-order valence-electron chi connectivity index (χ1n) is 8.06. The van der Waals surface area contributed by atoms with Crippen molar-refractivity contribution in [1.82, 2.24) is 5.32 Å². The molecule has 130 valence electrons. The molecule has 6 heteroatoms. The van der Waals surface area contributed by atoms with Crippen LogP contribution in [0.4, 0.5) is 5.69 Å². The minimum atomic E-state index is -0.614. The lowest BCUT2D eigenvalue weighted by Gasteiger charge is -2.32. The Balaban J connectivity index is 1.69. The number of amides is 2. The molecule has 0 aromatic heterocycles. The van der Waals surface area contributed by atoms with Crippen LogP contribution in [0.5, 0.6) is 11.5 Å². The Labute approximate surface area is 146 Å². The lowest BCUT2D eigenvalue weighted by molar-refractivity contribution is -0.128. The van der Waals surface area contributed by atoms with Gasteiger partial charge < -0.3 is 14.8 Å². The number of nitrogens with zero attached hydrogens (tertiary/aromatic N) is 1. The van der Waals surface area contributed by atoms with Gasteiger partial charge in [0.25, 0.3) is 5.91 Å². The maximum absolute atomic E-state index is 12.4. The number of anilines is 1. The molecule has 0 bridgehead atoms. The van der Waals surface area contributed by atoms with Crippen molar-refractivity contribution in [3.05, 3.63) is 54.1 Å². The van der Waals surface area contributed by atoms with E-state index in [1.807, 2.05) is 36.4 Å². The molecule has 1 aliphatic heterocycles. The minimum absolute atomic E-state index is 0.0568. The second kappa shape index (κ2) is 7.25. The highest BCUT2D eigenvalue weighted by Crippen LogP contribution is 2.33. The number of carbonyl (C=O) groups is 2. The Hall–Kier alpha value is -3.02. The molecule has 0 spiro atoms. The largest absolute Gasteiger partial charge is 0.496 e. The van der Waals surface area contributed by atoms with Gasteiger partial charge in [-0.15, -0.1) is 0 Å². The van der Waals surface area contributed by atoms with Gasteiger partial charge in [0.05, 0.1) is 12.8 Å². The van der Waals surface area contributed by atoms with Crippen LogP contribution >= 0.6 is 0 Å². The van der Waals surface area contributed by atoms with Gasteiger partial charge in [0, 0.05) is 12.1 Å². The van der Waals surface area contributed by atoms with Gasteiger partial charge in [-0.25, -0.2) is 0 Å². The summed E-state index contributed by atoms with van der Waals surface area (Å²) in [5, 5.41) is 2.83. The van der Waals surface area contributed by atoms with Crippen molar-refractivity contribution >= 4 is 17.5 Å². The Kier molecular flexibility index (Phi) is 4.88. The molecule has 0 aliphatic carbocycles. The number of fused-ring (bicyclic) bond motifs is 1. The van der Waals surface area contributed by atoms with Crippen molar-refractivity contribution < 1.29 is 19.1 Å². The Morgan fingerprint density at radius 3 is 2.72 bits per heavy atom. The van der Waals surface area contributed by atoms with E-state index in [1.54, 1.807) is 26.2 Å². The Bertz CT molecular complexity index is 790. The molecule has 0 saturated carbocycles. The number of carbonyl (C=O) groups excluding carboxylic acids is 2. The van der Waals surface area contributed by atoms with Crippen LogP contribution in [0.2, 0.25) is 0 Å². The van der Waals surface area contributed by atoms with Crippen molar-refractivity contribution in [2.45, 2.75) is 19.6 Å². The fraction of sp³-hybridized carbons (Fsp3) is 0.263. The van der Waals surface area contributed by atoms with Crippen LogP contribution in [0, 0.1) is 0 Å². The van der Waals surface area contributed by atoms with Crippen LogP contribution in [0.1, 0.15) is 12.5 Å². The number of benzene rings is 2. The van der Waals surface area contributed by atoms with Crippen LogP contribution in [0.3, 0.4) is 0 Å². The van der Waals surface area contributed by atoms with Crippen molar-refractivity contribution in [3.8, 4) is 11.5 Å². The van der Waals surface area contributed by atoms with E-state index in [1.165, 1.54) is 4.90 Å². The monoisotopic (exact) mass is 340 g/mol. The topological polar surface area (TPSA) is 67.9 Å². The molecule has 25 heavy (non-hydrogen) atoms. The van der Waals surface area contributed by atoms with Crippen molar-refractivity contribution in [2.75, 3.05) is 18.6 Å². The molecular weight excluding hydrogens is 320 g/mol. The van der Waals surface area contributed by atoms with Crippen LogP contribution in [-0.4, -0.2) is 31.6 Å². The fourth-order valence-electron chi connectivity index (χ4n) is 2.76. The van der Waals surface area contributed by atoms with E-state index < -0.39 is 6.10 Å². The molecule has 3 rings (SSSR count). The average Bonchev–Trinajstić information content (AvgIpc) is 2.64. The van der Waals surface area contributed by atoms with Gasteiger partial charge in [-0.1, -0.05) is 30.3 Å². The average molecular weight is 340 g/mol. The highest BCUT2D eigenvalue weighted by Gasteiger charge is 2.32. The van der Waals surface area contributed by atoms with E-state index in [9.17, 15) is 9.59 Å². The van der Waals surface area contributed by atoms with Crippen LogP contribution in [0.25, 0.3) is 0 Å². The van der Waals surface area contributed by atoms with Gasteiger partial charge in [0.1, 0.15) is 18.0 Å². The molecule has 0 saturated heterocycles. The summed E-state index contributed by atoms with van der Waals surface area (Å²) in [5.74, 6) is 0.839. The van der Waals surface area contributed by atoms with E-state index >= 15 is 0 Å². The summed E-state index contributed by atoms with van der Waals surface area (Å²) in [5.41, 5.74) is 1.48. The first-order valence-corrected chi connectivity index (χ1v) is 8.06. The Morgan fingerprint density at radius 2 is 1.92 bits per heavy atom. The van der Waals surface area contributed by atoms with Crippen molar-refractivity contribution in [3.63, 3.8) is 0 Å². The number of methoxy groups -OCH3 is 1. The molecule has 1 heterocycles. The molecule has 1 atom stereocenters. The number of para-hydroxylation sites is 3. The maximum atomic E-state index is 12.4. The quantitative estimate of drug-likeness (QED) is 0.905. The number of ether oxygens (including phenoxy) is 2. The summed E-state index contributed by atoms with van der Waals surface area (Å²) in [6.45, 7) is 1.95. The standard InChI is InChI=1S/C19H20N2O4/c1-13-19(23)21(15-8-4-6-10-17(15)25-13)12-18(22)20-11-14-7-3-5-9-16(14)24-2/h3-10,13H,11-12H2,1-2H3,(H,20,22). The second-order valence-electron chi connectivity index (χ2n) is 5.74. The summed E-state index contributed by atoms with van der Waals surface area (Å²) in [6.07, 6.45) is -0.614. The highest BCUT2D eigenvalue weighted by atomic mass is 16.5. The zero-order valence-corrected chi connectivity index (χ0v) is 14.2. The highest BCUT2D eigenvalue weighted by molar-refractivity contribution is 6.03. The lowest BCUT2D eigenvalue weighted by atomic mass is 10.2. The smallest absolute Gasteiger partial charge is 0.268 e. The normalized spacial score (nSPS) is 16.0. The molecule has 2 aromatic rings. The van der Waals surface area contributed by atoms with E-state index in [-0.39, 0.29) is 18.4 Å². The fourth-order valence-corrected chi connectivity index (χ4v) is 2.76. The lowest BCUT2D eigenvalue weighted by Crippen LogP contribution is -2.48. The van der Waals surface area contributed by atoms with Gasteiger partial charge in [-0.2, -0.15) is 0 Å². The number of nitrogens with one attached hydrogen (secondary N) is 1. The van der Waals surface area contributed by atoms with Gasteiger partial charge >= 0.3 is 0 Å². The molecule has 1 aliphatic rings. The maximum Gasteiger partial charge on any atom is 0.268 e. The van der Waals surface area contributed by atoms with Gasteiger partial charge in [-0.3, -0.25) is 14.5 Å². The van der Waals surface area contributed by atoms with E-state index in [0.717, 1.165) is 5.56 Å². The summed E-state index contributed by atoms with van der Waals surface area (Å²) >= 11 is 0. The number of rotatable bonds is 5. The second-order valence-corrected chi connectivity index (χ2v) is 5.74. The summed E-state index contributed by atoms with van der Waals surface area (Å²) in [4.78, 5) is 26.2. The summed E-state index contributed by atoms with van der Waals surface area (Å²) < 4.78 is 10.8. The Morgan fingerprint density at radius 1 is 1.20 bits per heavy atom. The first-order chi connectivity index (χ1) is 12.1. The third kappa shape index (κ3) is 3.57. The SMILES string of the molecule is COc1ccccc1CNC(=O)CN1C(=O)C(C)Oc2ccccc21. The molecule has 0 fully saturated rings. The predicted octanol–water partition coefficient (Wildman–Crippen LogP) is 2.13. The summed E-state index contributed by atoms with van der Waals surface area (Å²) in [7, 11) is 1.59. The number of hydrogen-bond acceptors (Lipinski definition) is 4. The third-order valence-electron chi connectivity index (χ3n) is 4.04.